The quantitative estimate of drug-likeness (QED) is 0.341. The standard InChI is InChI=1S/C27H35NO2/c1-5-8-13-28(14-9-6-2)19-24-16-21(10-7-3)17-25(27(24)29)22-11-12-26-23(18-22)15-20(4)30-26/h7,11-12,15-18,29H,3,5-6,8-10,13-14,19H2,1-2,4H3. The Balaban J connectivity index is 2.00. The molecule has 0 unspecified atom stereocenters. The summed E-state index contributed by atoms with van der Waals surface area (Å²) in [6.45, 7) is 13.2. The van der Waals surface area contributed by atoms with Gasteiger partial charge in [0, 0.05) is 23.1 Å². The van der Waals surface area contributed by atoms with Crippen LogP contribution in [0.3, 0.4) is 0 Å². The molecule has 3 rings (SSSR count). The Morgan fingerprint density at radius 3 is 2.43 bits per heavy atom. The van der Waals surface area contributed by atoms with Crippen LogP contribution in [0.1, 0.15) is 56.4 Å². The topological polar surface area (TPSA) is 36.6 Å². The third-order valence-corrected chi connectivity index (χ3v) is 5.63. The van der Waals surface area contributed by atoms with Gasteiger partial charge < -0.3 is 9.52 Å². The number of hydrogen-bond acceptors (Lipinski definition) is 3. The second kappa shape index (κ2) is 10.5. The van der Waals surface area contributed by atoms with Gasteiger partial charge in [0.05, 0.1) is 0 Å². The molecular formula is C27H35NO2. The minimum Gasteiger partial charge on any atom is -0.507 e. The second-order valence-electron chi connectivity index (χ2n) is 8.24. The first-order valence-electron chi connectivity index (χ1n) is 11.2. The zero-order valence-corrected chi connectivity index (χ0v) is 18.7. The molecule has 0 aliphatic rings. The number of phenols is 1. The number of phenolic OH excluding ortho intramolecular Hbond substituents is 1. The molecule has 3 aromatic rings. The van der Waals surface area contributed by atoms with Gasteiger partial charge in [-0.15, -0.1) is 6.58 Å². The van der Waals surface area contributed by atoms with E-state index in [1.54, 1.807) is 0 Å². The summed E-state index contributed by atoms with van der Waals surface area (Å²) >= 11 is 0. The molecule has 0 radical (unpaired) electrons. The lowest BCUT2D eigenvalue weighted by Crippen LogP contribution is -2.25. The molecule has 3 nitrogen and oxygen atoms in total. The summed E-state index contributed by atoms with van der Waals surface area (Å²) in [6, 6.07) is 12.4. The zero-order chi connectivity index (χ0) is 21.5. The van der Waals surface area contributed by atoms with E-state index in [4.69, 9.17) is 4.42 Å². The highest BCUT2D eigenvalue weighted by Crippen LogP contribution is 2.36. The molecule has 0 amide bonds. The number of aromatic hydroxyl groups is 1. The lowest BCUT2D eigenvalue weighted by molar-refractivity contribution is 0.254. The summed E-state index contributed by atoms with van der Waals surface area (Å²) in [7, 11) is 0. The molecule has 0 bridgehead atoms. The Morgan fingerprint density at radius 1 is 1.03 bits per heavy atom. The van der Waals surface area contributed by atoms with Crippen LogP contribution in [0.15, 0.2) is 53.5 Å². The fourth-order valence-corrected chi connectivity index (χ4v) is 4.00. The third kappa shape index (κ3) is 5.34. The van der Waals surface area contributed by atoms with Crippen molar-refractivity contribution in [1.29, 1.82) is 0 Å². The van der Waals surface area contributed by atoms with E-state index in [0.717, 1.165) is 59.5 Å². The molecule has 1 heterocycles. The monoisotopic (exact) mass is 405 g/mol. The molecule has 0 aliphatic heterocycles. The molecule has 0 atom stereocenters. The van der Waals surface area contributed by atoms with E-state index in [9.17, 15) is 5.11 Å². The normalized spacial score (nSPS) is 11.5. The van der Waals surface area contributed by atoms with Crippen molar-refractivity contribution in [3.63, 3.8) is 0 Å². The number of rotatable bonds is 11. The number of aryl methyl sites for hydroxylation is 1. The van der Waals surface area contributed by atoms with E-state index in [0.29, 0.717) is 5.75 Å². The van der Waals surface area contributed by atoms with E-state index < -0.39 is 0 Å². The zero-order valence-electron chi connectivity index (χ0n) is 18.7. The minimum absolute atomic E-state index is 0.389. The Kier molecular flexibility index (Phi) is 7.75. The molecule has 1 aromatic heterocycles. The van der Waals surface area contributed by atoms with Crippen LogP contribution in [0, 0.1) is 6.92 Å². The Labute approximate surface area is 181 Å². The highest BCUT2D eigenvalue weighted by atomic mass is 16.3. The number of hydrogen-bond donors (Lipinski definition) is 1. The molecule has 0 fully saturated rings. The van der Waals surface area contributed by atoms with Gasteiger partial charge in [-0.05, 0) is 74.7 Å². The van der Waals surface area contributed by atoms with Gasteiger partial charge in [-0.1, -0.05) is 44.9 Å². The van der Waals surface area contributed by atoms with Crippen LogP contribution in [0.5, 0.6) is 5.75 Å². The molecule has 2 aromatic carbocycles. The Bertz CT molecular complexity index is 978. The molecule has 160 valence electrons. The molecule has 1 N–H and O–H groups in total. The van der Waals surface area contributed by atoms with Gasteiger partial charge in [-0.3, -0.25) is 4.90 Å². The van der Waals surface area contributed by atoms with Crippen molar-refractivity contribution in [2.75, 3.05) is 13.1 Å². The number of nitrogens with zero attached hydrogens (tertiary/aromatic N) is 1. The molecule has 3 heteroatoms. The van der Waals surface area contributed by atoms with Crippen LogP contribution in [0.25, 0.3) is 22.1 Å². The van der Waals surface area contributed by atoms with Crippen molar-refractivity contribution in [3.8, 4) is 16.9 Å². The summed E-state index contributed by atoms with van der Waals surface area (Å²) in [5, 5.41) is 12.3. The predicted molar refractivity (Wildman–Crippen MR) is 127 cm³/mol. The maximum Gasteiger partial charge on any atom is 0.134 e. The van der Waals surface area contributed by atoms with Crippen molar-refractivity contribution < 1.29 is 9.52 Å². The van der Waals surface area contributed by atoms with E-state index in [1.165, 1.54) is 31.2 Å². The Hall–Kier alpha value is -2.52. The van der Waals surface area contributed by atoms with Crippen LogP contribution in [0.2, 0.25) is 0 Å². The maximum atomic E-state index is 11.2. The highest BCUT2D eigenvalue weighted by Gasteiger charge is 2.15. The van der Waals surface area contributed by atoms with Crippen molar-refractivity contribution in [2.45, 2.75) is 59.4 Å². The molecule has 30 heavy (non-hydrogen) atoms. The summed E-state index contributed by atoms with van der Waals surface area (Å²) in [6.07, 6.45) is 7.44. The second-order valence-corrected chi connectivity index (χ2v) is 8.24. The number of allylic oxidation sites excluding steroid dienone is 1. The van der Waals surface area contributed by atoms with E-state index >= 15 is 0 Å². The van der Waals surface area contributed by atoms with Gasteiger partial charge in [-0.2, -0.15) is 0 Å². The lowest BCUT2D eigenvalue weighted by atomic mass is 9.95. The highest BCUT2D eigenvalue weighted by molar-refractivity contribution is 5.86. The SMILES string of the molecule is C=CCc1cc(CN(CCCC)CCCC)c(O)c(-c2ccc3oc(C)cc3c2)c1. The summed E-state index contributed by atoms with van der Waals surface area (Å²) in [5.74, 6) is 1.29. The first-order valence-corrected chi connectivity index (χ1v) is 11.2. The van der Waals surface area contributed by atoms with Gasteiger partial charge in [0.15, 0.2) is 0 Å². The van der Waals surface area contributed by atoms with E-state index in [2.05, 4.69) is 43.5 Å². The molecular weight excluding hydrogens is 370 g/mol. The average Bonchev–Trinajstić information content (AvgIpc) is 3.11. The summed E-state index contributed by atoms with van der Waals surface area (Å²) in [4.78, 5) is 2.48. The van der Waals surface area contributed by atoms with Crippen LogP contribution < -0.4 is 0 Å². The first-order chi connectivity index (χ1) is 14.5. The molecule has 0 saturated heterocycles. The van der Waals surface area contributed by atoms with Gasteiger partial charge >= 0.3 is 0 Å². The first kappa shape index (κ1) is 22.2. The molecule has 0 spiro atoms. The van der Waals surface area contributed by atoms with Gasteiger partial charge in [0.1, 0.15) is 17.1 Å². The fourth-order valence-electron chi connectivity index (χ4n) is 4.00. The molecule has 0 aliphatic carbocycles. The number of furan rings is 1. The van der Waals surface area contributed by atoms with Crippen molar-refractivity contribution in [2.24, 2.45) is 0 Å². The maximum absolute atomic E-state index is 11.2. The van der Waals surface area contributed by atoms with E-state index in [-0.39, 0.29) is 0 Å². The fraction of sp³-hybridized carbons (Fsp3) is 0.407. The molecule has 0 saturated carbocycles. The van der Waals surface area contributed by atoms with E-state index in [1.807, 2.05) is 31.2 Å². The summed E-state index contributed by atoms with van der Waals surface area (Å²) < 4.78 is 5.72. The smallest absolute Gasteiger partial charge is 0.134 e. The summed E-state index contributed by atoms with van der Waals surface area (Å²) in [5.41, 5.74) is 4.96. The van der Waals surface area contributed by atoms with Crippen LogP contribution in [0.4, 0.5) is 0 Å². The van der Waals surface area contributed by atoms with Crippen LogP contribution in [-0.4, -0.2) is 23.1 Å². The van der Waals surface area contributed by atoms with Gasteiger partial charge in [0.2, 0.25) is 0 Å². The third-order valence-electron chi connectivity index (χ3n) is 5.63. The van der Waals surface area contributed by atoms with Crippen molar-refractivity contribution in [1.82, 2.24) is 4.90 Å². The Morgan fingerprint density at radius 2 is 1.77 bits per heavy atom. The van der Waals surface area contributed by atoms with Gasteiger partial charge in [-0.25, -0.2) is 0 Å². The lowest BCUT2D eigenvalue weighted by Gasteiger charge is -2.24. The minimum atomic E-state index is 0.389. The van der Waals surface area contributed by atoms with Crippen molar-refractivity contribution >= 4 is 11.0 Å². The number of unbranched alkanes of at least 4 members (excludes halogenated alkanes) is 2. The predicted octanol–water partition coefficient (Wildman–Crippen LogP) is 7.24. The average molecular weight is 406 g/mol. The van der Waals surface area contributed by atoms with Gasteiger partial charge in [0.25, 0.3) is 0 Å². The number of benzene rings is 2. The number of fused-ring (bicyclic) bond motifs is 1. The van der Waals surface area contributed by atoms with Crippen LogP contribution >= 0.6 is 0 Å². The van der Waals surface area contributed by atoms with Crippen LogP contribution in [-0.2, 0) is 13.0 Å². The van der Waals surface area contributed by atoms with Crippen molar-refractivity contribution in [3.05, 3.63) is 65.9 Å². The largest absolute Gasteiger partial charge is 0.507 e.